The second kappa shape index (κ2) is 6.99. The van der Waals surface area contributed by atoms with E-state index in [1.54, 1.807) is 14.2 Å². The Morgan fingerprint density at radius 2 is 1.88 bits per heavy atom. The van der Waals surface area contributed by atoms with Gasteiger partial charge in [-0.2, -0.15) is 4.98 Å². The van der Waals surface area contributed by atoms with Crippen LogP contribution in [0.3, 0.4) is 0 Å². The third kappa shape index (κ3) is 3.14. The van der Waals surface area contributed by atoms with E-state index in [1.165, 1.54) is 11.1 Å². The van der Waals surface area contributed by atoms with E-state index in [1.807, 2.05) is 0 Å². The molecule has 0 spiro atoms. The van der Waals surface area contributed by atoms with Crippen molar-refractivity contribution in [2.75, 3.05) is 44.6 Å². The van der Waals surface area contributed by atoms with Gasteiger partial charge in [0.05, 0.1) is 26.5 Å². The van der Waals surface area contributed by atoms with E-state index in [0.717, 1.165) is 55.5 Å². The van der Waals surface area contributed by atoms with Crippen LogP contribution in [0, 0.1) is 0 Å². The lowest BCUT2D eigenvalue weighted by Gasteiger charge is -2.31. The lowest BCUT2D eigenvalue weighted by molar-refractivity contribution is 0.193. The maximum atomic E-state index is 5.99. The third-order valence-corrected chi connectivity index (χ3v) is 5.14. The summed E-state index contributed by atoms with van der Waals surface area (Å²) in [6.07, 6.45) is 1.90. The first-order valence-corrected chi connectivity index (χ1v) is 8.89. The number of ether oxygens (including phenoxy) is 3. The van der Waals surface area contributed by atoms with Gasteiger partial charge < -0.3 is 24.8 Å². The van der Waals surface area contributed by atoms with Gasteiger partial charge in [0.25, 0.3) is 0 Å². The summed E-state index contributed by atoms with van der Waals surface area (Å²) in [5, 5.41) is 0. The zero-order valence-corrected chi connectivity index (χ0v) is 15.2. The average molecular weight is 356 g/mol. The molecule has 138 valence electrons. The summed E-state index contributed by atoms with van der Waals surface area (Å²) in [6.45, 7) is 3.12. The molecule has 7 nitrogen and oxygen atoms in total. The summed E-state index contributed by atoms with van der Waals surface area (Å²) in [5.41, 5.74) is 9.46. The Hall–Kier alpha value is -2.54. The van der Waals surface area contributed by atoms with E-state index < -0.39 is 0 Å². The first kappa shape index (κ1) is 16.9. The Balaban J connectivity index is 1.62. The number of anilines is 2. The Morgan fingerprint density at radius 1 is 1.12 bits per heavy atom. The van der Waals surface area contributed by atoms with Crippen LogP contribution in [-0.2, 0) is 17.7 Å². The van der Waals surface area contributed by atoms with Gasteiger partial charge in [0.2, 0.25) is 5.95 Å². The molecule has 1 fully saturated rings. The molecule has 0 unspecified atom stereocenters. The highest BCUT2D eigenvalue weighted by atomic mass is 16.5. The van der Waals surface area contributed by atoms with Crippen molar-refractivity contribution in [1.82, 2.24) is 9.97 Å². The van der Waals surface area contributed by atoms with Crippen molar-refractivity contribution >= 4 is 11.8 Å². The summed E-state index contributed by atoms with van der Waals surface area (Å²) < 4.78 is 16.4. The van der Waals surface area contributed by atoms with Gasteiger partial charge in [-0.05, 0) is 36.1 Å². The van der Waals surface area contributed by atoms with Crippen molar-refractivity contribution < 1.29 is 14.2 Å². The highest BCUT2D eigenvalue weighted by Crippen LogP contribution is 2.35. The zero-order chi connectivity index (χ0) is 18.1. The molecule has 3 heterocycles. The molecule has 2 aliphatic heterocycles. The lowest BCUT2D eigenvalue weighted by atomic mass is 9.98. The fraction of sp³-hybridized carbons (Fsp3) is 0.474. The van der Waals surface area contributed by atoms with Crippen LogP contribution in [0.2, 0.25) is 0 Å². The van der Waals surface area contributed by atoms with Crippen molar-refractivity contribution in [3.05, 3.63) is 35.0 Å². The topological polar surface area (TPSA) is 82.7 Å². The molecular weight excluding hydrogens is 332 g/mol. The van der Waals surface area contributed by atoms with Crippen LogP contribution >= 0.6 is 0 Å². The number of nitrogens with zero attached hydrogens (tertiary/aromatic N) is 3. The normalized spacial score (nSPS) is 19.3. The number of nitrogen functional groups attached to an aromatic ring is 1. The van der Waals surface area contributed by atoms with Crippen molar-refractivity contribution in [2.45, 2.75) is 25.3 Å². The predicted octanol–water partition coefficient (Wildman–Crippen LogP) is 2.14. The minimum atomic E-state index is 0.306. The first-order valence-electron chi connectivity index (χ1n) is 8.89. The van der Waals surface area contributed by atoms with Gasteiger partial charge in [-0.25, -0.2) is 4.98 Å². The molecule has 1 atom stereocenters. The summed E-state index contributed by atoms with van der Waals surface area (Å²) in [6, 6.07) is 6.18. The third-order valence-electron chi connectivity index (χ3n) is 5.14. The molecule has 7 heteroatoms. The number of aromatic nitrogens is 2. The number of hydrogen-bond donors (Lipinski definition) is 1. The molecule has 4 rings (SSSR count). The Kier molecular flexibility index (Phi) is 4.55. The molecule has 1 aromatic carbocycles. The van der Waals surface area contributed by atoms with E-state index in [2.05, 4.69) is 33.1 Å². The SMILES string of the molecule is COc1cc2c(cc1OC)CN(c1cc([C@@H]3CCOC3)nc(N)n1)CC2. The molecule has 0 bridgehead atoms. The Morgan fingerprint density at radius 3 is 2.58 bits per heavy atom. The van der Waals surface area contributed by atoms with Crippen molar-refractivity contribution in [1.29, 1.82) is 0 Å². The van der Waals surface area contributed by atoms with E-state index in [9.17, 15) is 0 Å². The molecular formula is C19H24N4O3. The van der Waals surface area contributed by atoms with Crippen molar-refractivity contribution in [3.8, 4) is 11.5 Å². The van der Waals surface area contributed by atoms with Gasteiger partial charge in [0.1, 0.15) is 5.82 Å². The molecule has 1 saturated heterocycles. The predicted molar refractivity (Wildman–Crippen MR) is 98.9 cm³/mol. The summed E-state index contributed by atoms with van der Waals surface area (Å²) >= 11 is 0. The van der Waals surface area contributed by atoms with Gasteiger partial charge >= 0.3 is 0 Å². The molecule has 2 N–H and O–H groups in total. The number of hydrogen-bond acceptors (Lipinski definition) is 7. The average Bonchev–Trinajstić information content (AvgIpc) is 3.20. The summed E-state index contributed by atoms with van der Waals surface area (Å²) in [5.74, 6) is 3.02. The second-order valence-corrected chi connectivity index (χ2v) is 6.72. The van der Waals surface area contributed by atoms with Gasteiger partial charge in [-0.1, -0.05) is 0 Å². The molecule has 2 aromatic rings. The molecule has 2 aliphatic rings. The second-order valence-electron chi connectivity index (χ2n) is 6.72. The van der Waals surface area contributed by atoms with Crippen LogP contribution in [0.15, 0.2) is 18.2 Å². The Bertz CT molecular complexity index is 806. The van der Waals surface area contributed by atoms with Crippen LogP contribution in [0.25, 0.3) is 0 Å². The van der Waals surface area contributed by atoms with Gasteiger partial charge in [-0.3, -0.25) is 0 Å². The molecule has 26 heavy (non-hydrogen) atoms. The molecule has 1 aromatic heterocycles. The molecule has 0 amide bonds. The van der Waals surface area contributed by atoms with Crippen LogP contribution < -0.4 is 20.1 Å². The quantitative estimate of drug-likeness (QED) is 0.898. The van der Waals surface area contributed by atoms with Gasteiger partial charge in [0.15, 0.2) is 11.5 Å². The Labute approximate surface area is 153 Å². The van der Waals surface area contributed by atoms with E-state index in [4.69, 9.17) is 19.9 Å². The number of fused-ring (bicyclic) bond motifs is 1. The fourth-order valence-electron chi connectivity index (χ4n) is 3.69. The van der Waals surface area contributed by atoms with Crippen LogP contribution in [0.4, 0.5) is 11.8 Å². The molecule has 0 aliphatic carbocycles. The van der Waals surface area contributed by atoms with Crippen molar-refractivity contribution in [2.24, 2.45) is 0 Å². The standard InChI is InChI=1S/C19H24N4O3/c1-24-16-7-12-3-5-23(10-14(12)8-17(16)25-2)18-9-15(21-19(20)22-18)13-4-6-26-11-13/h7-9,13H,3-6,10-11H2,1-2H3,(H2,20,21,22)/t13-/m1/s1. The number of benzene rings is 1. The summed E-state index contributed by atoms with van der Waals surface area (Å²) in [4.78, 5) is 11.1. The summed E-state index contributed by atoms with van der Waals surface area (Å²) in [7, 11) is 3.32. The monoisotopic (exact) mass is 356 g/mol. The first-order chi connectivity index (χ1) is 12.7. The molecule has 0 saturated carbocycles. The van der Waals surface area contributed by atoms with Crippen molar-refractivity contribution in [3.63, 3.8) is 0 Å². The molecule has 0 radical (unpaired) electrons. The number of methoxy groups -OCH3 is 2. The maximum absolute atomic E-state index is 5.99. The van der Waals surface area contributed by atoms with Crippen LogP contribution in [0.1, 0.15) is 29.2 Å². The largest absolute Gasteiger partial charge is 0.493 e. The van der Waals surface area contributed by atoms with Crippen LogP contribution in [0.5, 0.6) is 11.5 Å². The highest BCUT2D eigenvalue weighted by Gasteiger charge is 2.24. The minimum Gasteiger partial charge on any atom is -0.493 e. The minimum absolute atomic E-state index is 0.306. The number of nitrogens with two attached hydrogens (primary N) is 1. The number of rotatable bonds is 4. The zero-order valence-electron chi connectivity index (χ0n) is 15.2. The van der Waals surface area contributed by atoms with E-state index in [-0.39, 0.29) is 0 Å². The van der Waals surface area contributed by atoms with Gasteiger partial charge in [-0.15, -0.1) is 0 Å². The fourth-order valence-corrected chi connectivity index (χ4v) is 3.69. The van der Waals surface area contributed by atoms with Gasteiger partial charge in [0, 0.05) is 31.7 Å². The lowest BCUT2D eigenvalue weighted by Crippen LogP contribution is -2.31. The van der Waals surface area contributed by atoms with E-state index >= 15 is 0 Å². The highest BCUT2D eigenvalue weighted by molar-refractivity contribution is 5.53. The maximum Gasteiger partial charge on any atom is 0.222 e. The smallest absolute Gasteiger partial charge is 0.222 e. The van der Waals surface area contributed by atoms with Crippen LogP contribution in [-0.4, -0.2) is 43.9 Å². The van der Waals surface area contributed by atoms with E-state index in [0.29, 0.717) is 18.5 Å².